The minimum atomic E-state index is 0.209. The van der Waals surface area contributed by atoms with Crippen LogP contribution >= 0.6 is 11.3 Å². The number of ether oxygens (including phenoxy) is 1. The molecular formula is C14H24N2OS. The lowest BCUT2D eigenvalue weighted by atomic mass is 10.0. The molecule has 1 aromatic rings. The molecule has 1 saturated heterocycles. The molecule has 2 unspecified atom stereocenters. The molecule has 1 aliphatic heterocycles. The Labute approximate surface area is 114 Å². The molecule has 0 aliphatic carbocycles. The van der Waals surface area contributed by atoms with Crippen molar-refractivity contribution in [3.63, 3.8) is 0 Å². The maximum Gasteiger partial charge on any atom is 0.0596 e. The van der Waals surface area contributed by atoms with Gasteiger partial charge < -0.3 is 10.5 Å². The van der Waals surface area contributed by atoms with Crippen molar-refractivity contribution in [1.82, 2.24) is 4.90 Å². The average Bonchev–Trinajstić information content (AvgIpc) is 2.65. The van der Waals surface area contributed by atoms with Crippen molar-refractivity contribution >= 4 is 11.3 Å². The van der Waals surface area contributed by atoms with Gasteiger partial charge in [-0.1, -0.05) is 6.92 Å². The molecule has 2 atom stereocenters. The fourth-order valence-corrected chi connectivity index (χ4v) is 3.72. The van der Waals surface area contributed by atoms with E-state index < -0.39 is 0 Å². The Morgan fingerprint density at radius 2 is 2.28 bits per heavy atom. The Morgan fingerprint density at radius 1 is 1.44 bits per heavy atom. The number of nitrogens with zero attached hydrogens (tertiary/aromatic N) is 1. The van der Waals surface area contributed by atoms with Crippen LogP contribution in [-0.4, -0.2) is 37.2 Å². The summed E-state index contributed by atoms with van der Waals surface area (Å²) >= 11 is 1.84. The summed E-state index contributed by atoms with van der Waals surface area (Å²) in [6.45, 7) is 8.17. The van der Waals surface area contributed by atoms with Crippen LogP contribution in [0.5, 0.6) is 0 Å². The van der Waals surface area contributed by atoms with E-state index in [-0.39, 0.29) is 6.04 Å². The van der Waals surface area contributed by atoms with E-state index in [0.717, 1.165) is 39.1 Å². The fourth-order valence-electron chi connectivity index (χ4n) is 2.59. The molecule has 1 fully saturated rings. The summed E-state index contributed by atoms with van der Waals surface area (Å²) in [5, 5.41) is 2.17. The summed E-state index contributed by atoms with van der Waals surface area (Å²) in [5.74, 6) is 0. The Balaban J connectivity index is 2.21. The molecule has 0 aromatic carbocycles. The van der Waals surface area contributed by atoms with Gasteiger partial charge in [-0.3, -0.25) is 4.90 Å². The summed E-state index contributed by atoms with van der Waals surface area (Å²) in [4.78, 5) is 3.95. The maximum absolute atomic E-state index is 6.38. The second-order valence-corrected chi connectivity index (χ2v) is 5.93. The fraction of sp³-hybridized carbons (Fsp3) is 0.714. The highest BCUT2D eigenvalue weighted by molar-refractivity contribution is 7.10. The number of rotatable bonds is 4. The molecule has 2 rings (SSSR count). The van der Waals surface area contributed by atoms with E-state index in [0.29, 0.717) is 6.04 Å². The molecule has 0 saturated carbocycles. The molecular weight excluding hydrogens is 244 g/mol. The minimum absolute atomic E-state index is 0.209. The summed E-state index contributed by atoms with van der Waals surface area (Å²) in [6.07, 6.45) is 2.12. The molecule has 0 radical (unpaired) electrons. The molecule has 102 valence electrons. The highest BCUT2D eigenvalue weighted by Gasteiger charge is 2.28. The van der Waals surface area contributed by atoms with Gasteiger partial charge >= 0.3 is 0 Å². The predicted molar refractivity (Wildman–Crippen MR) is 77.1 cm³/mol. The first-order chi connectivity index (χ1) is 8.74. The highest BCUT2D eigenvalue weighted by atomic mass is 32.1. The normalized spacial score (nSPS) is 21.5. The maximum atomic E-state index is 6.38. The van der Waals surface area contributed by atoms with Crippen LogP contribution in [0.4, 0.5) is 0 Å². The number of thiophene rings is 1. The van der Waals surface area contributed by atoms with Crippen molar-refractivity contribution < 1.29 is 4.74 Å². The molecule has 3 nitrogen and oxygen atoms in total. The van der Waals surface area contributed by atoms with Crippen molar-refractivity contribution in [3.05, 3.63) is 21.9 Å². The largest absolute Gasteiger partial charge is 0.380 e. The second-order valence-electron chi connectivity index (χ2n) is 4.99. The van der Waals surface area contributed by atoms with Crippen molar-refractivity contribution in [2.45, 2.75) is 38.8 Å². The third-order valence-electron chi connectivity index (χ3n) is 3.70. The summed E-state index contributed by atoms with van der Waals surface area (Å²) in [7, 11) is 0. The number of nitrogens with two attached hydrogens (primary N) is 1. The van der Waals surface area contributed by atoms with Gasteiger partial charge in [0, 0.05) is 30.6 Å². The lowest BCUT2D eigenvalue weighted by molar-refractivity contribution is 0.125. The lowest BCUT2D eigenvalue weighted by Crippen LogP contribution is -2.42. The first-order valence-electron chi connectivity index (χ1n) is 6.85. The smallest absolute Gasteiger partial charge is 0.0596 e. The summed E-state index contributed by atoms with van der Waals surface area (Å²) in [6, 6.07) is 2.76. The van der Waals surface area contributed by atoms with E-state index in [9.17, 15) is 0 Å². The molecule has 0 bridgehead atoms. The molecule has 1 aliphatic rings. The second kappa shape index (κ2) is 6.66. The van der Waals surface area contributed by atoms with Crippen LogP contribution < -0.4 is 5.73 Å². The Bertz CT molecular complexity index is 358. The first kappa shape index (κ1) is 14.0. The van der Waals surface area contributed by atoms with E-state index in [1.807, 2.05) is 11.3 Å². The van der Waals surface area contributed by atoms with E-state index in [4.69, 9.17) is 10.5 Å². The molecule has 0 amide bonds. The lowest BCUT2D eigenvalue weighted by Gasteiger charge is -2.34. The first-order valence-corrected chi connectivity index (χ1v) is 7.73. The van der Waals surface area contributed by atoms with Crippen LogP contribution in [0.15, 0.2) is 11.4 Å². The quantitative estimate of drug-likeness (QED) is 0.912. The van der Waals surface area contributed by atoms with Gasteiger partial charge in [0.15, 0.2) is 0 Å². The third kappa shape index (κ3) is 3.12. The van der Waals surface area contributed by atoms with Gasteiger partial charge in [0.05, 0.1) is 12.6 Å². The van der Waals surface area contributed by atoms with E-state index >= 15 is 0 Å². The number of hydrogen-bond donors (Lipinski definition) is 1. The van der Waals surface area contributed by atoms with Crippen LogP contribution in [0, 0.1) is 6.92 Å². The molecule has 2 N–H and O–H groups in total. The van der Waals surface area contributed by atoms with E-state index in [1.165, 1.54) is 10.4 Å². The van der Waals surface area contributed by atoms with Gasteiger partial charge in [-0.25, -0.2) is 0 Å². The standard InChI is InChI=1S/C14H24N2OS/c1-3-12(15)13(14-11(2)5-10-18-14)16-6-4-8-17-9-7-16/h5,10,12-13H,3-4,6-9,15H2,1-2H3. The zero-order valence-electron chi connectivity index (χ0n) is 11.4. The van der Waals surface area contributed by atoms with Gasteiger partial charge in [-0.2, -0.15) is 0 Å². The molecule has 18 heavy (non-hydrogen) atoms. The topological polar surface area (TPSA) is 38.5 Å². The van der Waals surface area contributed by atoms with Gasteiger partial charge in [0.1, 0.15) is 0 Å². The van der Waals surface area contributed by atoms with Crippen molar-refractivity contribution in [2.75, 3.05) is 26.3 Å². The van der Waals surface area contributed by atoms with Crippen molar-refractivity contribution in [1.29, 1.82) is 0 Å². The minimum Gasteiger partial charge on any atom is -0.380 e. The van der Waals surface area contributed by atoms with Crippen molar-refractivity contribution in [3.8, 4) is 0 Å². The summed E-state index contributed by atoms with van der Waals surface area (Å²) < 4.78 is 5.56. The molecule has 0 spiro atoms. The van der Waals surface area contributed by atoms with Crippen LogP contribution in [0.3, 0.4) is 0 Å². The zero-order chi connectivity index (χ0) is 13.0. The van der Waals surface area contributed by atoms with Crippen molar-refractivity contribution in [2.24, 2.45) is 5.73 Å². The molecule has 4 heteroatoms. The zero-order valence-corrected chi connectivity index (χ0v) is 12.2. The van der Waals surface area contributed by atoms with E-state index in [2.05, 4.69) is 30.2 Å². The highest BCUT2D eigenvalue weighted by Crippen LogP contribution is 2.32. The van der Waals surface area contributed by atoms with Gasteiger partial charge in [0.25, 0.3) is 0 Å². The third-order valence-corrected chi connectivity index (χ3v) is 4.79. The molecule has 2 heterocycles. The number of hydrogen-bond acceptors (Lipinski definition) is 4. The Hall–Kier alpha value is -0.420. The molecule has 1 aromatic heterocycles. The summed E-state index contributed by atoms with van der Waals surface area (Å²) in [5.41, 5.74) is 7.76. The van der Waals surface area contributed by atoms with Gasteiger partial charge in [0.2, 0.25) is 0 Å². The Morgan fingerprint density at radius 3 is 2.94 bits per heavy atom. The van der Waals surface area contributed by atoms with Crippen LogP contribution in [0.25, 0.3) is 0 Å². The monoisotopic (exact) mass is 268 g/mol. The average molecular weight is 268 g/mol. The Kier molecular flexibility index (Phi) is 5.18. The van der Waals surface area contributed by atoms with Crippen LogP contribution in [0.2, 0.25) is 0 Å². The number of aryl methyl sites for hydroxylation is 1. The predicted octanol–water partition coefficient (Wildman–Crippen LogP) is 2.56. The van der Waals surface area contributed by atoms with Gasteiger partial charge in [-0.05, 0) is 36.8 Å². The SMILES string of the molecule is CCC(N)C(c1sccc1C)N1CCCOCC1. The van der Waals surface area contributed by atoms with Crippen LogP contribution in [-0.2, 0) is 4.74 Å². The van der Waals surface area contributed by atoms with Crippen LogP contribution in [0.1, 0.15) is 36.2 Å². The van der Waals surface area contributed by atoms with Gasteiger partial charge in [-0.15, -0.1) is 11.3 Å². The van der Waals surface area contributed by atoms with E-state index in [1.54, 1.807) is 0 Å².